The summed E-state index contributed by atoms with van der Waals surface area (Å²) in [5, 5.41) is 10.0. The van der Waals surface area contributed by atoms with Crippen molar-refractivity contribution < 1.29 is 0 Å². The van der Waals surface area contributed by atoms with Gasteiger partial charge in [-0.25, -0.2) is 0 Å². The Labute approximate surface area is 112 Å². The van der Waals surface area contributed by atoms with Crippen LogP contribution in [0, 0.1) is 17.2 Å². The molecule has 0 spiro atoms. The molecule has 1 aliphatic rings. The lowest BCUT2D eigenvalue weighted by molar-refractivity contribution is 0.285. The van der Waals surface area contributed by atoms with Crippen LogP contribution >= 0.6 is 11.5 Å². The van der Waals surface area contributed by atoms with Crippen LogP contribution in [-0.2, 0) is 0 Å². The molecule has 2 rings (SSSR count). The molecule has 6 heteroatoms. The Hall–Kier alpha value is -1.32. The van der Waals surface area contributed by atoms with E-state index in [1.54, 1.807) is 0 Å². The maximum atomic E-state index is 9.09. The maximum Gasteiger partial charge on any atom is 0.157 e. The number of nitrogens with two attached hydrogens (primary N) is 1. The highest BCUT2D eigenvalue weighted by Crippen LogP contribution is 2.32. The molecular formula is C12H19N5S. The summed E-state index contributed by atoms with van der Waals surface area (Å²) in [6.45, 7) is 3.13. The van der Waals surface area contributed by atoms with E-state index in [1.165, 1.54) is 24.4 Å². The van der Waals surface area contributed by atoms with Crippen LogP contribution in [0.25, 0.3) is 0 Å². The van der Waals surface area contributed by atoms with Crippen molar-refractivity contribution in [1.29, 1.82) is 5.26 Å². The van der Waals surface area contributed by atoms with Crippen molar-refractivity contribution in [2.45, 2.75) is 12.8 Å². The number of rotatable bonds is 3. The number of piperidine rings is 1. The second-order valence-corrected chi connectivity index (χ2v) is 5.80. The third-order valence-corrected chi connectivity index (χ3v) is 4.26. The van der Waals surface area contributed by atoms with Gasteiger partial charge in [0.15, 0.2) is 5.82 Å². The largest absolute Gasteiger partial charge is 0.382 e. The van der Waals surface area contributed by atoms with Gasteiger partial charge in [-0.1, -0.05) is 0 Å². The first-order valence-electron chi connectivity index (χ1n) is 6.16. The zero-order chi connectivity index (χ0) is 13.1. The highest BCUT2D eigenvalue weighted by molar-refractivity contribution is 7.10. The van der Waals surface area contributed by atoms with E-state index in [0.717, 1.165) is 30.6 Å². The fraction of sp³-hybridized carbons (Fsp3) is 0.667. The van der Waals surface area contributed by atoms with Crippen LogP contribution in [0.1, 0.15) is 18.4 Å². The van der Waals surface area contributed by atoms with Gasteiger partial charge in [-0.2, -0.15) is 9.64 Å². The van der Waals surface area contributed by atoms with Crippen molar-refractivity contribution in [3.8, 4) is 6.07 Å². The zero-order valence-electron chi connectivity index (χ0n) is 10.9. The predicted octanol–water partition coefficient (Wildman–Crippen LogP) is 1.37. The van der Waals surface area contributed by atoms with Gasteiger partial charge in [0.05, 0.1) is 0 Å². The molecule has 1 saturated heterocycles. The van der Waals surface area contributed by atoms with Gasteiger partial charge in [-0.05, 0) is 44.4 Å². The van der Waals surface area contributed by atoms with Gasteiger partial charge in [-0.3, -0.25) is 0 Å². The number of nitrogen functional groups attached to an aromatic ring is 1. The standard InChI is InChI=1S/C12H19N5S/c1-16(2)8-9-3-5-17(6-4-9)12-10(7-13)11(14)15-18-12/h9H,3-6,8H2,1-2H3,(H2,14,15). The molecule has 0 aromatic carbocycles. The highest BCUT2D eigenvalue weighted by Gasteiger charge is 2.24. The summed E-state index contributed by atoms with van der Waals surface area (Å²) in [6, 6.07) is 2.16. The van der Waals surface area contributed by atoms with E-state index >= 15 is 0 Å². The molecule has 0 saturated carbocycles. The first-order valence-corrected chi connectivity index (χ1v) is 6.94. The topological polar surface area (TPSA) is 69.2 Å². The van der Waals surface area contributed by atoms with Crippen molar-refractivity contribution in [2.75, 3.05) is 44.4 Å². The molecular weight excluding hydrogens is 246 g/mol. The molecule has 1 fully saturated rings. The lowest BCUT2D eigenvalue weighted by atomic mass is 9.96. The molecule has 0 aliphatic carbocycles. The number of hydrogen-bond acceptors (Lipinski definition) is 6. The average Bonchev–Trinajstić information content (AvgIpc) is 2.70. The Morgan fingerprint density at radius 1 is 1.50 bits per heavy atom. The monoisotopic (exact) mass is 265 g/mol. The Morgan fingerprint density at radius 3 is 2.72 bits per heavy atom. The fourth-order valence-electron chi connectivity index (χ4n) is 2.45. The van der Waals surface area contributed by atoms with Crippen molar-refractivity contribution in [3.63, 3.8) is 0 Å². The molecule has 1 aromatic rings. The summed E-state index contributed by atoms with van der Waals surface area (Å²) in [5.41, 5.74) is 6.24. The zero-order valence-corrected chi connectivity index (χ0v) is 11.7. The summed E-state index contributed by atoms with van der Waals surface area (Å²) in [7, 11) is 4.23. The fourth-order valence-corrected chi connectivity index (χ4v) is 3.26. The molecule has 5 nitrogen and oxygen atoms in total. The molecule has 0 atom stereocenters. The van der Waals surface area contributed by atoms with E-state index in [4.69, 9.17) is 11.0 Å². The molecule has 98 valence electrons. The normalized spacial score (nSPS) is 17.1. The van der Waals surface area contributed by atoms with Gasteiger partial charge in [0.2, 0.25) is 0 Å². The molecule has 0 bridgehead atoms. The van der Waals surface area contributed by atoms with Crippen molar-refractivity contribution in [2.24, 2.45) is 5.92 Å². The molecule has 0 unspecified atom stereocenters. The van der Waals surface area contributed by atoms with Gasteiger partial charge in [0.1, 0.15) is 16.6 Å². The van der Waals surface area contributed by atoms with E-state index in [0.29, 0.717) is 11.4 Å². The van der Waals surface area contributed by atoms with Gasteiger partial charge in [0.25, 0.3) is 0 Å². The Kier molecular flexibility index (Phi) is 4.04. The third kappa shape index (κ3) is 2.74. The van der Waals surface area contributed by atoms with Crippen LogP contribution in [-0.4, -0.2) is 43.0 Å². The summed E-state index contributed by atoms with van der Waals surface area (Å²) in [5.74, 6) is 1.12. The quantitative estimate of drug-likeness (QED) is 0.894. The minimum atomic E-state index is 0.368. The predicted molar refractivity (Wildman–Crippen MR) is 74.7 cm³/mol. The van der Waals surface area contributed by atoms with Crippen LogP contribution in [0.3, 0.4) is 0 Å². The van der Waals surface area contributed by atoms with Crippen LogP contribution < -0.4 is 10.6 Å². The van der Waals surface area contributed by atoms with Crippen LogP contribution in [0.2, 0.25) is 0 Å². The van der Waals surface area contributed by atoms with E-state index in [9.17, 15) is 0 Å². The smallest absolute Gasteiger partial charge is 0.157 e. The van der Waals surface area contributed by atoms with E-state index in [1.807, 2.05) is 0 Å². The van der Waals surface area contributed by atoms with Gasteiger partial charge in [0, 0.05) is 19.6 Å². The SMILES string of the molecule is CN(C)CC1CCN(c2snc(N)c2C#N)CC1. The Balaban J connectivity index is 1.99. The Bertz CT molecular complexity index is 440. The number of hydrogen-bond donors (Lipinski definition) is 1. The van der Waals surface area contributed by atoms with Crippen molar-refractivity contribution in [3.05, 3.63) is 5.56 Å². The maximum absolute atomic E-state index is 9.09. The molecule has 2 N–H and O–H groups in total. The first-order chi connectivity index (χ1) is 8.61. The molecule has 18 heavy (non-hydrogen) atoms. The second-order valence-electron chi connectivity index (χ2n) is 5.05. The molecule has 1 aliphatic heterocycles. The number of nitrogens with zero attached hydrogens (tertiary/aromatic N) is 4. The van der Waals surface area contributed by atoms with Crippen LogP contribution in [0.4, 0.5) is 10.8 Å². The van der Waals surface area contributed by atoms with Crippen molar-refractivity contribution in [1.82, 2.24) is 9.27 Å². The van der Waals surface area contributed by atoms with Crippen LogP contribution in [0.15, 0.2) is 0 Å². The number of nitriles is 1. The summed E-state index contributed by atoms with van der Waals surface area (Å²) < 4.78 is 4.08. The summed E-state index contributed by atoms with van der Waals surface area (Å²) in [6.07, 6.45) is 2.34. The van der Waals surface area contributed by atoms with E-state index in [-0.39, 0.29) is 0 Å². The summed E-state index contributed by atoms with van der Waals surface area (Å²) >= 11 is 1.34. The van der Waals surface area contributed by atoms with E-state index < -0.39 is 0 Å². The molecule has 0 amide bonds. The van der Waals surface area contributed by atoms with Gasteiger partial charge < -0.3 is 15.5 Å². The van der Waals surface area contributed by atoms with E-state index in [2.05, 4.69) is 34.3 Å². The highest BCUT2D eigenvalue weighted by atomic mass is 32.1. The lowest BCUT2D eigenvalue weighted by Crippen LogP contribution is -2.37. The number of aromatic nitrogens is 1. The molecule has 2 heterocycles. The van der Waals surface area contributed by atoms with Gasteiger partial charge >= 0.3 is 0 Å². The Morgan fingerprint density at radius 2 is 2.17 bits per heavy atom. The number of anilines is 2. The van der Waals surface area contributed by atoms with Crippen molar-refractivity contribution >= 4 is 22.4 Å². The minimum absolute atomic E-state index is 0.368. The lowest BCUT2D eigenvalue weighted by Gasteiger charge is -2.33. The minimum Gasteiger partial charge on any atom is -0.382 e. The second kappa shape index (κ2) is 5.55. The molecule has 1 aromatic heterocycles. The summed E-state index contributed by atoms with van der Waals surface area (Å²) in [4.78, 5) is 4.49. The molecule has 0 radical (unpaired) electrons. The van der Waals surface area contributed by atoms with Gasteiger partial charge in [-0.15, -0.1) is 0 Å². The van der Waals surface area contributed by atoms with Crippen LogP contribution in [0.5, 0.6) is 0 Å². The third-order valence-electron chi connectivity index (χ3n) is 3.34. The average molecular weight is 265 g/mol. The first kappa shape index (κ1) is 13.1.